The summed E-state index contributed by atoms with van der Waals surface area (Å²) in [5, 5.41) is 16.4. The number of aromatic nitrogens is 1. The van der Waals surface area contributed by atoms with Crippen LogP contribution in [0, 0.1) is 24.1 Å². The van der Waals surface area contributed by atoms with Gasteiger partial charge >= 0.3 is 0 Å². The lowest BCUT2D eigenvalue weighted by molar-refractivity contribution is 0.0938. The minimum absolute atomic E-state index is 0.247. The second-order valence-electron chi connectivity index (χ2n) is 7.63. The van der Waals surface area contributed by atoms with Crippen LogP contribution in [-0.2, 0) is 12.8 Å². The molecule has 0 fully saturated rings. The van der Waals surface area contributed by atoms with Gasteiger partial charge in [-0.2, -0.15) is 5.26 Å². The number of carbonyl (C=O) groups excluding carboxylic acids is 1. The monoisotopic (exact) mass is 438 g/mol. The van der Waals surface area contributed by atoms with Crippen molar-refractivity contribution >= 4 is 38.8 Å². The van der Waals surface area contributed by atoms with E-state index in [1.54, 1.807) is 0 Å². The molecule has 0 bridgehead atoms. The first-order valence-corrected chi connectivity index (χ1v) is 10.9. The number of nitrogen functional groups attached to an aromatic ring is 1. The molecular formula is C22H23FN6OS. The molecule has 3 aromatic rings. The third-order valence-corrected chi connectivity index (χ3v) is 6.65. The van der Waals surface area contributed by atoms with Crippen LogP contribution in [0.15, 0.2) is 18.2 Å². The summed E-state index contributed by atoms with van der Waals surface area (Å²) in [5.41, 5.74) is 15.1. The fraction of sp³-hybridized carbons (Fsp3) is 0.318. The van der Waals surface area contributed by atoms with Crippen molar-refractivity contribution in [3.05, 3.63) is 51.3 Å². The number of halogens is 1. The zero-order valence-electron chi connectivity index (χ0n) is 17.1. The highest BCUT2D eigenvalue weighted by Gasteiger charge is 2.28. The Morgan fingerprint density at radius 3 is 2.97 bits per heavy atom. The molecule has 2 heterocycles. The van der Waals surface area contributed by atoms with Crippen molar-refractivity contribution in [2.45, 2.75) is 32.2 Å². The van der Waals surface area contributed by atoms with E-state index in [-0.39, 0.29) is 17.8 Å². The second kappa shape index (κ2) is 8.49. The highest BCUT2D eigenvalue weighted by Crippen LogP contribution is 2.34. The first-order valence-electron chi connectivity index (χ1n) is 10.1. The maximum atomic E-state index is 14.8. The SMILES string of the molecule is Cc1ccc2c(N)c(C(=O)N[C@@H]3CCc4c(C#N)c(NCCN)cc(F)c4C3)sc2n1. The molecule has 4 rings (SSSR count). The molecule has 1 atom stereocenters. The van der Waals surface area contributed by atoms with Crippen molar-refractivity contribution in [2.75, 3.05) is 24.1 Å². The van der Waals surface area contributed by atoms with Gasteiger partial charge in [0.1, 0.15) is 21.6 Å². The van der Waals surface area contributed by atoms with Crippen LogP contribution in [0.4, 0.5) is 15.8 Å². The van der Waals surface area contributed by atoms with E-state index >= 15 is 0 Å². The highest BCUT2D eigenvalue weighted by molar-refractivity contribution is 7.21. The van der Waals surface area contributed by atoms with Crippen LogP contribution in [0.3, 0.4) is 0 Å². The minimum atomic E-state index is -0.381. The molecule has 6 N–H and O–H groups in total. The lowest BCUT2D eigenvalue weighted by Crippen LogP contribution is -2.39. The summed E-state index contributed by atoms with van der Waals surface area (Å²) >= 11 is 1.26. The van der Waals surface area contributed by atoms with E-state index in [9.17, 15) is 14.4 Å². The summed E-state index contributed by atoms with van der Waals surface area (Å²) in [4.78, 5) is 18.5. The van der Waals surface area contributed by atoms with Crippen molar-refractivity contribution < 1.29 is 9.18 Å². The molecule has 1 aliphatic rings. The number of hydrogen-bond acceptors (Lipinski definition) is 7. The van der Waals surface area contributed by atoms with Gasteiger partial charge in [-0.05, 0) is 55.5 Å². The number of rotatable bonds is 5. The second-order valence-corrected chi connectivity index (χ2v) is 8.63. The molecule has 1 aliphatic carbocycles. The first kappa shape index (κ1) is 21.0. The van der Waals surface area contributed by atoms with E-state index < -0.39 is 0 Å². The summed E-state index contributed by atoms with van der Waals surface area (Å²) in [5.74, 6) is -0.665. The normalized spacial score (nSPS) is 15.4. The molecule has 0 aliphatic heterocycles. The molecule has 0 saturated carbocycles. The van der Waals surface area contributed by atoms with Gasteiger partial charge in [0.25, 0.3) is 5.91 Å². The summed E-state index contributed by atoms with van der Waals surface area (Å²) in [7, 11) is 0. The fourth-order valence-electron chi connectivity index (χ4n) is 4.01. The number of anilines is 2. The number of carbonyl (C=O) groups is 1. The number of benzene rings is 1. The van der Waals surface area contributed by atoms with E-state index in [0.717, 1.165) is 15.9 Å². The van der Waals surface area contributed by atoms with E-state index in [2.05, 4.69) is 21.7 Å². The van der Waals surface area contributed by atoms with Crippen LogP contribution in [-0.4, -0.2) is 30.0 Å². The number of nitrogens with two attached hydrogens (primary N) is 2. The predicted octanol–water partition coefficient (Wildman–Crippen LogP) is 2.86. The number of nitrogens with zero attached hydrogens (tertiary/aromatic N) is 2. The Morgan fingerprint density at radius 2 is 2.23 bits per heavy atom. The highest BCUT2D eigenvalue weighted by atomic mass is 32.1. The van der Waals surface area contributed by atoms with Crippen LogP contribution in [0.25, 0.3) is 10.2 Å². The van der Waals surface area contributed by atoms with Gasteiger partial charge in [0, 0.05) is 30.2 Å². The smallest absolute Gasteiger partial charge is 0.263 e. The van der Waals surface area contributed by atoms with Crippen molar-refractivity contribution in [1.29, 1.82) is 5.26 Å². The number of hydrogen-bond donors (Lipinski definition) is 4. The Bertz CT molecular complexity index is 1220. The third kappa shape index (κ3) is 3.92. The predicted molar refractivity (Wildman–Crippen MR) is 121 cm³/mol. The molecule has 31 heavy (non-hydrogen) atoms. The van der Waals surface area contributed by atoms with Gasteiger partial charge in [-0.1, -0.05) is 0 Å². The molecule has 2 aromatic heterocycles. The van der Waals surface area contributed by atoms with Crippen LogP contribution in [0.5, 0.6) is 0 Å². The summed E-state index contributed by atoms with van der Waals surface area (Å²) in [6.07, 6.45) is 1.43. The molecule has 0 unspecified atom stereocenters. The molecule has 7 nitrogen and oxygen atoms in total. The molecule has 160 valence electrons. The molecule has 1 amide bonds. The van der Waals surface area contributed by atoms with Gasteiger partial charge in [0.05, 0.1) is 16.9 Å². The number of pyridine rings is 1. The summed E-state index contributed by atoms with van der Waals surface area (Å²) in [6.45, 7) is 2.72. The first-order chi connectivity index (χ1) is 14.9. The van der Waals surface area contributed by atoms with Crippen LogP contribution >= 0.6 is 11.3 Å². The van der Waals surface area contributed by atoms with Crippen molar-refractivity contribution in [2.24, 2.45) is 5.73 Å². The number of fused-ring (bicyclic) bond motifs is 2. The average Bonchev–Trinajstić information content (AvgIpc) is 3.08. The Labute approximate surface area is 183 Å². The van der Waals surface area contributed by atoms with Crippen LogP contribution < -0.4 is 22.1 Å². The lowest BCUT2D eigenvalue weighted by Gasteiger charge is -2.27. The Hall–Kier alpha value is -3.22. The third-order valence-electron chi connectivity index (χ3n) is 5.53. The van der Waals surface area contributed by atoms with E-state index in [1.165, 1.54) is 17.4 Å². The zero-order valence-corrected chi connectivity index (χ0v) is 17.9. The quantitative estimate of drug-likeness (QED) is 0.485. The maximum Gasteiger partial charge on any atom is 0.263 e. The van der Waals surface area contributed by atoms with Gasteiger partial charge in [-0.15, -0.1) is 11.3 Å². The van der Waals surface area contributed by atoms with E-state index in [0.29, 0.717) is 65.3 Å². The van der Waals surface area contributed by atoms with Crippen molar-refractivity contribution in [1.82, 2.24) is 10.3 Å². The molecule has 0 spiro atoms. The van der Waals surface area contributed by atoms with Crippen LogP contribution in [0.1, 0.15) is 38.5 Å². The van der Waals surface area contributed by atoms with Gasteiger partial charge in [0.2, 0.25) is 0 Å². The van der Waals surface area contributed by atoms with Crippen LogP contribution in [0.2, 0.25) is 0 Å². The topological polar surface area (TPSA) is 130 Å². The zero-order chi connectivity index (χ0) is 22.1. The molecule has 9 heteroatoms. The van der Waals surface area contributed by atoms with Gasteiger partial charge in [-0.25, -0.2) is 9.37 Å². The standard InChI is InChI=1S/C22H23FN6OS/c1-11-2-4-14-19(26)20(31-22(14)28-11)21(30)29-12-3-5-13-15(8-12)17(23)9-18(16(13)10-25)27-7-6-24/h2,4,9,12,27H,3,5-8,24,26H2,1H3,(H,29,30)/t12-/m1/s1. The van der Waals surface area contributed by atoms with E-state index in [4.69, 9.17) is 11.5 Å². The molecule has 0 saturated heterocycles. The summed E-state index contributed by atoms with van der Waals surface area (Å²) in [6, 6.07) is 7.01. The lowest BCUT2D eigenvalue weighted by atomic mass is 9.84. The number of nitriles is 1. The minimum Gasteiger partial charge on any atom is -0.397 e. The maximum absolute atomic E-state index is 14.8. The Kier molecular flexibility index (Phi) is 5.76. The number of amides is 1. The molecule has 1 aromatic carbocycles. The van der Waals surface area contributed by atoms with Gasteiger partial charge < -0.3 is 22.1 Å². The fourth-order valence-corrected chi connectivity index (χ4v) is 5.06. The molecule has 0 radical (unpaired) electrons. The molecular weight excluding hydrogens is 415 g/mol. The van der Waals surface area contributed by atoms with Gasteiger partial charge in [-0.3, -0.25) is 4.79 Å². The number of nitrogens with one attached hydrogen (secondary N) is 2. The van der Waals surface area contributed by atoms with Crippen molar-refractivity contribution in [3.8, 4) is 6.07 Å². The Morgan fingerprint density at radius 1 is 1.42 bits per heavy atom. The number of thiophene rings is 1. The largest absolute Gasteiger partial charge is 0.397 e. The number of aryl methyl sites for hydroxylation is 1. The van der Waals surface area contributed by atoms with Gasteiger partial charge in [0.15, 0.2) is 0 Å². The van der Waals surface area contributed by atoms with Crippen molar-refractivity contribution in [3.63, 3.8) is 0 Å². The summed E-state index contributed by atoms with van der Waals surface area (Å²) < 4.78 is 14.8. The Balaban J connectivity index is 1.56. The van der Waals surface area contributed by atoms with E-state index in [1.807, 2.05) is 19.1 Å². The average molecular weight is 439 g/mol.